The molecule has 14 heavy (non-hydrogen) atoms. The maximum Gasteiger partial charge on any atom is 0.152 e. The van der Waals surface area contributed by atoms with Gasteiger partial charge >= 0.3 is 0 Å². The minimum absolute atomic E-state index is 0.116. The lowest BCUT2D eigenvalue weighted by Gasteiger charge is -2.16. The molecule has 0 amide bonds. The Bertz CT molecular complexity index is 344. The summed E-state index contributed by atoms with van der Waals surface area (Å²) in [5, 5.41) is 17.5. The van der Waals surface area contributed by atoms with Crippen LogP contribution in [0, 0.1) is 16.7 Å². The van der Waals surface area contributed by atoms with Crippen LogP contribution in [0.1, 0.15) is 26.2 Å². The van der Waals surface area contributed by atoms with Gasteiger partial charge in [-0.05, 0) is 19.3 Å². The first-order valence-electron chi connectivity index (χ1n) is 4.73. The van der Waals surface area contributed by atoms with E-state index < -0.39 is 20.5 Å². The molecule has 80 valence electrons. The van der Waals surface area contributed by atoms with Crippen molar-refractivity contribution in [3.05, 3.63) is 0 Å². The summed E-state index contributed by atoms with van der Waals surface area (Å²) in [6.45, 7) is 1.37. The Balaban J connectivity index is 2.81. The van der Waals surface area contributed by atoms with Crippen LogP contribution in [-0.2, 0) is 9.84 Å². The van der Waals surface area contributed by atoms with Gasteiger partial charge in [-0.25, -0.2) is 8.42 Å². The summed E-state index contributed by atoms with van der Waals surface area (Å²) in [5.74, 6) is 0.116. The Morgan fingerprint density at radius 2 is 2.29 bits per heavy atom. The number of aliphatic hydroxyl groups is 1. The molecule has 2 atom stereocenters. The number of sulfone groups is 1. The van der Waals surface area contributed by atoms with Gasteiger partial charge in [-0.3, -0.25) is 0 Å². The Hall–Kier alpha value is -0.600. The molecule has 0 aromatic heterocycles. The van der Waals surface area contributed by atoms with Crippen molar-refractivity contribution in [2.24, 2.45) is 5.41 Å². The van der Waals surface area contributed by atoms with Crippen molar-refractivity contribution in [3.8, 4) is 6.07 Å². The van der Waals surface area contributed by atoms with Crippen molar-refractivity contribution in [3.63, 3.8) is 0 Å². The van der Waals surface area contributed by atoms with Gasteiger partial charge in [0.15, 0.2) is 9.84 Å². The van der Waals surface area contributed by atoms with Crippen LogP contribution in [-0.4, -0.2) is 31.1 Å². The number of rotatable bonds is 3. The van der Waals surface area contributed by atoms with Crippen molar-refractivity contribution < 1.29 is 13.5 Å². The van der Waals surface area contributed by atoms with Gasteiger partial charge in [-0.2, -0.15) is 5.26 Å². The smallest absolute Gasteiger partial charge is 0.152 e. The average molecular weight is 217 g/mol. The summed E-state index contributed by atoms with van der Waals surface area (Å²) in [6, 6.07) is 2.04. The van der Waals surface area contributed by atoms with Crippen molar-refractivity contribution in [2.75, 3.05) is 12.4 Å². The van der Waals surface area contributed by atoms with Crippen LogP contribution < -0.4 is 0 Å². The zero-order chi connectivity index (χ0) is 10.8. The van der Waals surface area contributed by atoms with Gasteiger partial charge in [-0.1, -0.05) is 6.92 Å². The second-order valence-electron chi connectivity index (χ2n) is 3.87. The largest absolute Gasteiger partial charge is 0.395 e. The van der Waals surface area contributed by atoms with Gasteiger partial charge in [0.1, 0.15) is 0 Å². The fourth-order valence-corrected chi connectivity index (χ4v) is 3.42. The molecule has 0 unspecified atom stereocenters. The predicted molar refractivity (Wildman–Crippen MR) is 52.2 cm³/mol. The highest BCUT2D eigenvalue weighted by Crippen LogP contribution is 2.40. The van der Waals surface area contributed by atoms with E-state index in [2.05, 4.69) is 0 Å². The highest BCUT2D eigenvalue weighted by Gasteiger charge is 2.43. The molecule has 1 saturated carbocycles. The fourth-order valence-electron chi connectivity index (χ4n) is 1.90. The number of nitriles is 1. The highest BCUT2D eigenvalue weighted by atomic mass is 32.2. The third-order valence-electron chi connectivity index (χ3n) is 3.01. The lowest BCUT2D eigenvalue weighted by Crippen LogP contribution is -2.25. The maximum absolute atomic E-state index is 11.5. The summed E-state index contributed by atoms with van der Waals surface area (Å²) in [7, 11) is -3.05. The van der Waals surface area contributed by atoms with E-state index >= 15 is 0 Å². The van der Waals surface area contributed by atoms with Crippen molar-refractivity contribution >= 4 is 9.84 Å². The molecule has 0 heterocycles. The van der Waals surface area contributed by atoms with Crippen LogP contribution in [0.15, 0.2) is 0 Å². The fraction of sp³-hybridized carbons (Fsp3) is 0.889. The van der Waals surface area contributed by atoms with Gasteiger partial charge in [0.25, 0.3) is 0 Å². The third-order valence-corrected chi connectivity index (χ3v) is 5.24. The molecule has 0 aromatic rings. The first-order chi connectivity index (χ1) is 6.49. The molecular formula is C9H15NO3S. The van der Waals surface area contributed by atoms with Crippen LogP contribution in [0.4, 0.5) is 0 Å². The highest BCUT2D eigenvalue weighted by molar-refractivity contribution is 7.92. The van der Waals surface area contributed by atoms with E-state index in [1.807, 2.05) is 6.07 Å². The van der Waals surface area contributed by atoms with Crippen molar-refractivity contribution in [1.82, 2.24) is 0 Å². The molecule has 0 radical (unpaired) electrons. The summed E-state index contributed by atoms with van der Waals surface area (Å²) in [4.78, 5) is 0. The van der Waals surface area contributed by atoms with Crippen LogP contribution >= 0.6 is 0 Å². The number of aliphatic hydroxyl groups excluding tert-OH is 1. The van der Waals surface area contributed by atoms with Gasteiger partial charge in [0.2, 0.25) is 0 Å². The van der Waals surface area contributed by atoms with Crippen LogP contribution in [0.3, 0.4) is 0 Å². The first-order valence-corrected chi connectivity index (χ1v) is 6.45. The van der Waals surface area contributed by atoms with E-state index in [0.29, 0.717) is 12.8 Å². The minimum Gasteiger partial charge on any atom is -0.395 e. The molecule has 0 aromatic carbocycles. The molecule has 0 aliphatic heterocycles. The van der Waals surface area contributed by atoms with E-state index in [4.69, 9.17) is 10.4 Å². The second-order valence-corrected chi connectivity index (χ2v) is 6.44. The predicted octanol–water partition coefficient (Wildman–Crippen LogP) is 0.476. The van der Waals surface area contributed by atoms with Crippen LogP contribution in [0.2, 0.25) is 0 Å². The van der Waals surface area contributed by atoms with E-state index in [1.165, 1.54) is 0 Å². The van der Waals surface area contributed by atoms with Crippen LogP contribution in [0.25, 0.3) is 0 Å². The molecule has 1 N–H and O–H groups in total. The Morgan fingerprint density at radius 1 is 1.64 bits per heavy atom. The molecule has 4 nitrogen and oxygen atoms in total. The molecule has 0 spiro atoms. The molecule has 0 saturated heterocycles. The van der Waals surface area contributed by atoms with Crippen molar-refractivity contribution in [1.29, 1.82) is 5.26 Å². The summed E-state index contributed by atoms with van der Waals surface area (Å²) < 4.78 is 23.1. The minimum atomic E-state index is -3.05. The van der Waals surface area contributed by atoms with Crippen LogP contribution in [0.5, 0.6) is 0 Å². The zero-order valence-electron chi connectivity index (χ0n) is 8.23. The van der Waals surface area contributed by atoms with Gasteiger partial charge < -0.3 is 5.11 Å². The number of hydrogen-bond donors (Lipinski definition) is 1. The molecule has 1 aliphatic carbocycles. The SMILES string of the molecule is CCS(=O)(=O)[C@@H]1CC[C@@](C#N)(CO)C1. The maximum atomic E-state index is 11.5. The lowest BCUT2D eigenvalue weighted by molar-refractivity contribution is 0.180. The second kappa shape index (κ2) is 3.87. The Morgan fingerprint density at radius 3 is 2.64 bits per heavy atom. The van der Waals surface area contributed by atoms with E-state index in [0.717, 1.165) is 0 Å². The number of nitrogens with zero attached hydrogens (tertiary/aromatic N) is 1. The Labute approximate surface area is 84.5 Å². The molecule has 1 rings (SSSR count). The molecule has 5 heteroatoms. The Kier molecular flexibility index (Phi) is 3.17. The van der Waals surface area contributed by atoms with Gasteiger partial charge in [0.05, 0.1) is 23.3 Å². The number of hydrogen-bond acceptors (Lipinski definition) is 4. The van der Waals surface area contributed by atoms with Gasteiger partial charge in [-0.15, -0.1) is 0 Å². The van der Waals surface area contributed by atoms with Gasteiger partial charge in [0, 0.05) is 5.75 Å². The zero-order valence-corrected chi connectivity index (χ0v) is 9.05. The first kappa shape index (κ1) is 11.5. The molecule has 1 aliphatic rings. The topological polar surface area (TPSA) is 78.2 Å². The third kappa shape index (κ3) is 1.91. The van der Waals surface area contributed by atoms with Crippen molar-refractivity contribution in [2.45, 2.75) is 31.4 Å². The quantitative estimate of drug-likeness (QED) is 0.745. The summed E-state index contributed by atoms with van der Waals surface area (Å²) in [6.07, 6.45) is 1.28. The molecule has 0 bridgehead atoms. The van der Waals surface area contributed by atoms with E-state index in [1.54, 1.807) is 6.92 Å². The normalized spacial score (nSPS) is 32.8. The summed E-state index contributed by atoms with van der Waals surface area (Å²) >= 11 is 0. The molecule has 1 fully saturated rings. The lowest BCUT2D eigenvalue weighted by atomic mass is 9.89. The average Bonchev–Trinajstić information content (AvgIpc) is 2.63. The monoisotopic (exact) mass is 217 g/mol. The standard InChI is InChI=1S/C9H15NO3S/c1-2-14(12,13)8-3-4-9(5-8,6-10)7-11/h8,11H,2-5,7H2,1H3/t8-,9-/m1/s1. The van der Waals surface area contributed by atoms with E-state index in [9.17, 15) is 8.42 Å². The summed E-state index contributed by atoms with van der Waals surface area (Å²) in [5.41, 5.74) is -0.813. The van der Waals surface area contributed by atoms with E-state index in [-0.39, 0.29) is 18.8 Å². The molecular weight excluding hydrogens is 202 g/mol.